The van der Waals surface area contributed by atoms with Crippen molar-refractivity contribution in [1.82, 2.24) is 5.32 Å². The number of rotatable bonds is 3. The SMILES string of the molecule is COc1cccc(C(F)(F)C2CCCCCN2)c1. The van der Waals surface area contributed by atoms with Gasteiger partial charge in [0.05, 0.1) is 13.2 Å². The van der Waals surface area contributed by atoms with Crippen molar-refractivity contribution in [1.29, 1.82) is 0 Å². The van der Waals surface area contributed by atoms with Crippen LogP contribution in [0.5, 0.6) is 5.75 Å². The van der Waals surface area contributed by atoms with E-state index in [0.29, 0.717) is 18.7 Å². The summed E-state index contributed by atoms with van der Waals surface area (Å²) in [7, 11) is 1.49. The van der Waals surface area contributed by atoms with Crippen LogP contribution >= 0.6 is 0 Å². The zero-order valence-electron chi connectivity index (χ0n) is 10.6. The highest BCUT2D eigenvalue weighted by molar-refractivity contribution is 5.32. The lowest BCUT2D eigenvalue weighted by atomic mass is 9.97. The average Bonchev–Trinajstić information content (AvgIpc) is 2.68. The summed E-state index contributed by atoms with van der Waals surface area (Å²) in [5.74, 6) is -2.38. The number of hydrogen-bond donors (Lipinski definition) is 1. The molecule has 1 atom stereocenters. The van der Waals surface area contributed by atoms with Crippen LogP contribution in [0.3, 0.4) is 0 Å². The van der Waals surface area contributed by atoms with Crippen molar-refractivity contribution in [2.24, 2.45) is 0 Å². The van der Waals surface area contributed by atoms with Gasteiger partial charge in [-0.1, -0.05) is 25.0 Å². The second-order valence-corrected chi connectivity index (χ2v) is 4.71. The lowest BCUT2D eigenvalue weighted by molar-refractivity contribution is -0.0449. The van der Waals surface area contributed by atoms with Crippen LogP contribution in [0.15, 0.2) is 24.3 Å². The molecule has 1 unspecified atom stereocenters. The van der Waals surface area contributed by atoms with Crippen molar-refractivity contribution in [3.63, 3.8) is 0 Å². The first-order valence-electron chi connectivity index (χ1n) is 6.40. The number of methoxy groups -OCH3 is 1. The molecule has 1 aromatic carbocycles. The minimum absolute atomic E-state index is 0.0289. The van der Waals surface area contributed by atoms with Crippen molar-refractivity contribution in [3.05, 3.63) is 29.8 Å². The largest absolute Gasteiger partial charge is 0.497 e. The van der Waals surface area contributed by atoms with E-state index in [0.717, 1.165) is 19.3 Å². The van der Waals surface area contributed by atoms with Gasteiger partial charge < -0.3 is 10.1 Å². The van der Waals surface area contributed by atoms with Gasteiger partial charge in [-0.2, -0.15) is 8.78 Å². The topological polar surface area (TPSA) is 21.3 Å². The molecular formula is C14H19F2NO. The molecule has 100 valence electrons. The average molecular weight is 255 g/mol. The van der Waals surface area contributed by atoms with Crippen molar-refractivity contribution < 1.29 is 13.5 Å². The number of alkyl halides is 2. The fourth-order valence-corrected chi connectivity index (χ4v) is 2.37. The first-order chi connectivity index (χ1) is 8.64. The Kier molecular flexibility index (Phi) is 4.17. The van der Waals surface area contributed by atoms with Crippen LogP contribution in [-0.2, 0) is 5.92 Å². The molecule has 1 aliphatic rings. The summed E-state index contributed by atoms with van der Waals surface area (Å²) >= 11 is 0. The number of benzene rings is 1. The highest BCUT2D eigenvalue weighted by Gasteiger charge is 2.41. The third-order valence-corrected chi connectivity index (χ3v) is 3.45. The molecule has 2 nitrogen and oxygen atoms in total. The van der Waals surface area contributed by atoms with Gasteiger partial charge in [-0.05, 0) is 31.5 Å². The molecule has 1 heterocycles. The molecule has 4 heteroatoms. The summed E-state index contributed by atoms with van der Waals surface area (Å²) in [5, 5.41) is 2.97. The van der Waals surface area contributed by atoms with Crippen molar-refractivity contribution >= 4 is 0 Å². The van der Waals surface area contributed by atoms with Gasteiger partial charge in [0, 0.05) is 5.56 Å². The highest BCUT2D eigenvalue weighted by atomic mass is 19.3. The fourth-order valence-electron chi connectivity index (χ4n) is 2.37. The van der Waals surface area contributed by atoms with E-state index in [2.05, 4.69) is 5.32 Å². The van der Waals surface area contributed by atoms with Crippen LogP contribution < -0.4 is 10.1 Å². The maximum atomic E-state index is 14.4. The zero-order chi connectivity index (χ0) is 13.0. The van der Waals surface area contributed by atoms with Crippen LogP contribution in [0, 0.1) is 0 Å². The molecule has 18 heavy (non-hydrogen) atoms. The molecule has 0 radical (unpaired) electrons. The Bertz CT molecular complexity index is 387. The second-order valence-electron chi connectivity index (χ2n) is 4.71. The van der Waals surface area contributed by atoms with E-state index in [-0.39, 0.29) is 5.56 Å². The standard InChI is InChI=1S/C14H19F2NO/c1-18-12-7-5-6-11(10-12)14(15,16)13-8-3-2-4-9-17-13/h5-7,10,13,17H,2-4,8-9H2,1H3. The number of halogens is 2. The Balaban J connectivity index is 2.21. The van der Waals surface area contributed by atoms with Crippen molar-refractivity contribution in [2.75, 3.05) is 13.7 Å². The molecule has 1 saturated heterocycles. The van der Waals surface area contributed by atoms with Crippen LogP contribution in [0.1, 0.15) is 31.2 Å². The van der Waals surface area contributed by atoms with E-state index in [1.165, 1.54) is 19.2 Å². The first-order valence-corrected chi connectivity index (χ1v) is 6.40. The van der Waals surface area contributed by atoms with E-state index in [4.69, 9.17) is 4.74 Å². The molecule has 0 aromatic heterocycles. The molecule has 0 amide bonds. The molecule has 0 bridgehead atoms. The summed E-state index contributed by atoms with van der Waals surface area (Å²) in [6, 6.07) is 5.41. The number of nitrogens with one attached hydrogen (secondary N) is 1. The third-order valence-electron chi connectivity index (χ3n) is 3.45. The van der Waals surface area contributed by atoms with Gasteiger partial charge in [-0.25, -0.2) is 0 Å². The molecule has 1 aromatic rings. The van der Waals surface area contributed by atoms with Crippen LogP contribution in [0.4, 0.5) is 8.78 Å². The highest BCUT2D eigenvalue weighted by Crippen LogP contribution is 2.36. The summed E-state index contributed by atoms with van der Waals surface area (Å²) in [4.78, 5) is 0. The minimum atomic E-state index is -2.85. The van der Waals surface area contributed by atoms with Crippen LogP contribution in [-0.4, -0.2) is 19.7 Å². The molecule has 0 aliphatic carbocycles. The lowest BCUT2D eigenvalue weighted by Crippen LogP contribution is -2.42. The van der Waals surface area contributed by atoms with Gasteiger partial charge in [0.1, 0.15) is 5.75 Å². The van der Waals surface area contributed by atoms with E-state index in [1.54, 1.807) is 12.1 Å². The Hall–Kier alpha value is -1.16. The summed E-state index contributed by atoms with van der Waals surface area (Å²) < 4.78 is 33.8. The van der Waals surface area contributed by atoms with Gasteiger partial charge in [0.15, 0.2) is 0 Å². The molecular weight excluding hydrogens is 236 g/mol. The van der Waals surface area contributed by atoms with E-state index in [9.17, 15) is 8.78 Å². The van der Waals surface area contributed by atoms with Gasteiger partial charge in [0.25, 0.3) is 5.92 Å². The van der Waals surface area contributed by atoms with Gasteiger partial charge in [-0.15, -0.1) is 0 Å². The van der Waals surface area contributed by atoms with Gasteiger partial charge in [0.2, 0.25) is 0 Å². The first kappa shape index (κ1) is 13.3. The van der Waals surface area contributed by atoms with E-state index in [1.807, 2.05) is 0 Å². The van der Waals surface area contributed by atoms with Crippen molar-refractivity contribution in [3.8, 4) is 5.75 Å². The quantitative estimate of drug-likeness (QED) is 0.894. The molecule has 0 spiro atoms. The number of hydrogen-bond acceptors (Lipinski definition) is 2. The number of ether oxygens (including phenoxy) is 1. The molecule has 1 fully saturated rings. The van der Waals surface area contributed by atoms with Crippen LogP contribution in [0.25, 0.3) is 0 Å². The van der Waals surface area contributed by atoms with Gasteiger partial charge >= 0.3 is 0 Å². The monoisotopic (exact) mass is 255 g/mol. The smallest absolute Gasteiger partial charge is 0.288 e. The van der Waals surface area contributed by atoms with Crippen LogP contribution in [0.2, 0.25) is 0 Å². The second kappa shape index (κ2) is 5.65. The predicted octanol–water partition coefficient (Wildman–Crippen LogP) is 3.32. The Morgan fingerprint density at radius 2 is 2.11 bits per heavy atom. The normalized spacial score (nSPS) is 21.4. The maximum absolute atomic E-state index is 14.4. The zero-order valence-corrected chi connectivity index (χ0v) is 10.6. The van der Waals surface area contributed by atoms with Gasteiger partial charge in [-0.3, -0.25) is 0 Å². The predicted molar refractivity (Wildman–Crippen MR) is 67.1 cm³/mol. The Morgan fingerprint density at radius 3 is 2.89 bits per heavy atom. The molecule has 2 rings (SSSR count). The molecule has 1 aliphatic heterocycles. The summed E-state index contributed by atoms with van der Waals surface area (Å²) in [6.45, 7) is 0.671. The summed E-state index contributed by atoms with van der Waals surface area (Å²) in [6.07, 6.45) is 3.38. The summed E-state index contributed by atoms with van der Waals surface area (Å²) in [5.41, 5.74) is 0.0289. The molecule has 1 N–H and O–H groups in total. The third kappa shape index (κ3) is 2.80. The fraction of sp³-hybridized carbons (Fsp3) is 0.571. The Labute approximate surface area is 106 Å². The lowest BCUT2D eigenvalue weighted by Gasteiger charge is -2.27. The van der Waals surface area contributed by atoms with E-state index < -0.39 is 12.0 Å². The maximum Gasteiger partial charge on any atom is 0.288 e. The van der Waals surface area contributed by atoms with Crippen molar-refractivity contribution in [2.45, 2.75) is 37.6 Å². The van der Waals surface area contributed by atoms with E-state index >= 15 is 0 Å². The Morgan fingerprint density at radius 1 is 1.28 bits per heavy atom. The minimum Gasteiger partial charge on any atom is -0.497 e. The molecule has 0 saturated carbocycles.